The van der Waals surface area contributed by atoms with Gasteiger partial charge in [0, 0.05) is 24.3 Å². The molecule has 0 saturated carbocycles. The Hall–Kier alpha value is -1.99. The van der Waals surface area contributed by atoms with Gasteiger partial charge in [-0.25, -0.2) is 5.48 Å². The van der Waals surface area contributed by atoms with Crippen molar-refractivity contribution in [3.8, 4) is 0 Å². The second-order valence-electron chi connectivity index (χ2n) is 3.53. The molecule has 0 aliphatic rings. The van der Waals surface area contributed by atoms with Crippen LogP contribution in [0, 0.1) is 17.0 Å². The molecule has 7 nitrogen and oxygen atoms in total. The molecule has 0 saturated heterocycles. The SMILES string of the molecule is COCCONC(=O)c1ccc(C)c([N+](=O)[O-])c1. The molecule has 0 fully saturated rings. The molecule has 0 spiro atoms. The van der Waals surface area contributed by atoms with Gasteiger partial charge in [0.15, 0.2) is 0 Å². The Morgan fingerprint density at radius 2 is 2.17 bits per heavy atom. The molecule has 0 aliphatic heterocycles. The molecule has 0 aliphatic carbocycles. The summed E-state index contributed by atoms with van der Waals surface area (Å²) in [4.78, 5) is 26.6. The van der Waals surface area contributed by atoms with Gasteiger partial charge in [0.1, 0.15) is 0 Å². The van der Waals surface area contributed by atoms with Crippen LogP contribution in [0.25, 0.3) is 0 Å². The zero-order chi connectivity index (χ0) is 13.5. The van der Waals surface area contributed by atoms with Crippen molar-refractivity contribution in [2.45, 2.75) is 6.92 Å². The van der Waals surface area contributed by atoms with Gasteiger partial charge >= 0.3 is 0 Å². The number of nitro groups is 1. The monoisotopic (exact) mass is 254 g/mol. The predicted octanol–water partition coefficient (Wildman–Crippen LogP) is 1.21. The minimum Gasteiger partial charge on any atom is -0.382 e. The van der Waals surface area contributed by atoms with Gasteiger partial charge in [-0.1, -0.05) is 6.07 Å². The van der Waals surface area contributed by atoms with Gasteiger partial charge in [-0.3, -0.25) is 19.7 Å². The standard InChI is InChI=1S/C11H14N2O5/c1-8-3-4-9(7-10(8)13(15)16)11(14)12-18-6-5-17-2/h3-4,7H,5-6H2,1-2H3,(H,12,14). The quantitative estimate of drug-likeness (QED) is 0.468. The van der Waals surface area contributed by atoms with Gasteiger partial charge in [0.05, 0.1) is 18.1 Å². The number of carbonyl (C=O) groups excluding carboxylic acids is 1. The first-order valence-corrected chi connectivity index (χ1v) is 5.22. The highest BCUT2D eigenvalue weighted by molar-refractivity contribution is 5.94. The van der Waals surface area contributed by atoms with E-state index in [2.05, 4.69) is 5.48 Å². The number of hydrogen-bond donors (Lipinski definition) is 1. The molecular weight excluding hydrogens is 240 g/mol. The molecule has 1 aromatic rings. The van der Waals surface area contributed by atoms with Crippen molar-refractivity contribution in [1.82, 2.24) is 5.48 Å². The summed E-state index contributed by atoms with van der Waals surface area (Å²) >= 11 is 0. The van der Waals surface area contributed by atoms with E-state index < -0.39 is 10.8 Å². The predicted molar refractivity (Wildman–Crippen MR) is 63.1 cm³/mol. The van der Waals surface area contributed by atoms with E-state index in [1.807, 2.05) is 0 Å². The number of nitro benzene ring substituents is 1. The number of hydrogen-bond acceptors (Lipinski definition) is 5. The van der Waals surface area contributed by atoms with E-state index >= 15 is 0 Å². The van der Waals surface area contributed by atoms with Gasteiger partial charge < -0.3 is 4.74 Å². The molecule has 0 radical (unpaired) electrons. The number of nitrogens with zero attached hydrogens (tertiary/aromatic N) is 1. The molecule has 98 valence electrons. The molecule has 0 unspecified atom stereocenters. The van der Waals surface area contributed by atoms with E-state index in [0.717, 1.165) is 0 Å². The van der Waals surface area contributed by atoms with Crippen molar-refractivity contribution in [1.29, 1.82) is 0 Å². The van der Waals surface area contributed by atoms with Crippen LogP contribution in [0.5, 0.6) is 0 Å². The van der Waals surface area contributed by atoms with Crippen LogP contribution < -0.4 is 5.48 Å². The summed E-state index contributed by atoms with van der Waals surface area (Å²) in [5.74, 6) is -0.533. The fourth-order valence-corrected chi connectivity index (χ4v) is 1.25. The smallest absolute Gasteiger partial charge is 0.275 e. The average Bonchev–Trinajstić information content (AvgIpc) is 2.34. The number of aryl methyl sites for hydroxylation is 1. The van der Waals surface area contributed by atoms with Gasteiger partial charge in [-0.2, -0.15) is 0 Å². The molecule has 0 bridgehead atoms. The molecular formula is C11H14N2O5. The minimum atomic E-state index is -0.533. The Morgan fingerprint density at radius 3 is 2.78 bits per heavy atom. The van der Waals surface area contributed by atoms with Gasteiger partial charge in [-0.15, -0.1) is 0 Å². The van der Waals surface area contributed by atoms with Crippen LogP contribution in [-0.2, 0) is 9.57 Å². The molecule has 18 heavy (non-hydrogen) atoms. The van der Waals surface area contributed by atoms with E-state index in [1.165, 1.54) is 25.3 Å². The number of methoxy groups -OCH3 is 1. The molecule has 1 rings (SSSR count). The highest BCUT2D eigenvalue weighted by Gasteiger charge is 2.14. The molecule has 1 N–H and O–H groups in total. The summed E-state index contributed by atoms with van der Waals surface area (Å²) in [5, 5.41) is 10.7. The third kappa shape index (κ3) is 3.79. The summed E-state index contributed by atoms with van der Waals surface area (Å²) in [5.41, 5.74) is 2.75. The van der Waals surface area contributed by atoms with E-state index in [1.54, 1.807) is 6.92 Å². The Morgan fingerprint density at radius 1 is 1.44 bits per heavy atom. The Kier molecular flexibility index (Phi) is 5.22. The van der Waals surface area contributed by atoms with Crippen LogP contribution in [0.3, 0.4) is 0 Å². The Labute approximate surface area is 104 Å². The van der Waals surface area contributed by atoms with Gasteiger partial charge in [0.25, 0.3) is 11.6 Å². The number of carbonyl (C=O) groups is 1. The average molecular weight is 254 g/mol. The third-order valence-corrected chi connectivity index (χ3v) is 2.22. The number of rotatable bonds is 6. The molecule has 7 heteroatoms. The van der Waals surface area contributed by atoms with Crippen molar-refractivity contribution < 1.29 is 19.3 Å². The van der Waals surface area contributed by atoms with Crippen LogP contribution in [0.15, 0.2) is 18.2 Å². The summed E-state index contributed by atoms with van der Waals surface area (Å²) in [6.07, 6.45) is 0. The first-order valence-electron chi connectivity index (χ1n) is 5.22. The number of amides is 1. The molecule has 0 aromatic heterocycles. The van der Waals surface area contributed by atoms with Crippen LogP contribution >= 0.6 is 0 Å². The first kappa shape index (κ1) is 14.1. The Bertz CT molecular complexity index is 447. The zero-order valence-corrected chi connectivity index (χ0v) is 10.1. The van der Waals surface area contributed by atoms with Gasteiger partial charge in [0.2, 0.25) is 0 Å². The summed E-state index contributed by atoms with van der Waals surface area (Å²) in [6.45, 7) is 2.15. The number of benzene rings is 1. The number of hydroxylamine groups is 1. The van der Waals surface area contributed by atoms with Crippen molar-refractivity contribution >= 4 is 11.6 Å². The summed E-state index contributed by atoms with van der Waals surface area (Å²) in [6, 6.07) is 4.23. The number of ether oxygens (including phenoxy) is 1. The largest absolute Gasteiger partial charge is 0.382 e. The van der Waals surface area contributed by atoms with Crippen molar-refractivity contribution in [3.05, 3.63) is 39.4 Å². The highest BCUT2D eigenvalue weighted by atomic mass is 16.7. The van der Waals surface area contributed by atoms with Crippen LogP contribution in [-0.4, -0.2) is 31.2 Å². The lowest BCUT2D eigenvalue weighted by molar-refractivity contribution is -0.385. The van der Waals surface area contributed by atoms with Crippen LogP contribution in [0.1, 0.15) is 15.9 Å². The van der Waals surface area contributed by atoms with E-state index in [9.17, 15) is 14.9 Å². The van der Waals surface area contributed by atoms with E-state index in [4.69, 9.17) is 9.57 Å². The van der Waals surface area contributed by atoms with Gasteiger partial charge in [-0.05, 0) is 13.0 Å². The van der Waals surface area contributed by atoms with Crippen molar-refractivity contribution in [2.75, 3.05) is 20.3 Å². The summed E-state index contributed by atoms with van der Waals surface area (Å²) < 4.78 is 4.73. The Balaban J connectivity index is 2.68. The summed E-state index contributed by atoms with van der Waals surface area (Å²) in [7, 11) is 1.51. The maximum absolute atomic E-state index is 11.6. The minimum absolute atomic E-state index is 0.0976. The molecule has 0 heterocycles. The van der Waals surface area contributed by atoms with Crippen LogP contribution in [0.2, 0.25) is 0 Å². The number of nitrogens with one attached hydrogen (secondary N) is 1. The zero-order valence-electron chi connectivity index (χ0n) is 10.1. The lowest BCUT2D eigenvalue weighted by Crippen LogP contribution is -2.25. The maximum Gasteiger partial charge on any atom is 0.275 e. The second kappa shape index (κ2) is 6.67. The van der Waals surface area contributed by atoms with Crippen molar-refractivity contribution in [3.63, 3.8) is 0 Å². The fourth-order valence-electron chi connectivity index (χ4n) is 1.25. The maximum atomic E-state index is 11.6. The van der Waals surface area contributed by atoms with E-state index in [-0.39, 0.29) is 17.9 Å². The fraction of sp³-hybridized carbons (Fsp3) is 0.364. The van der Waals surface area contributed by atoms with Crippen molar-refractivity contribution in [2.24, 2.45) is 0 Å². The topological polar surface area (TPSA) is 90.7 Å². The lowest BCUT2D eigenvalue weighted by Gasteiger charge is -2.06. The highest BCUT2D eigenvalue weighted by Crippen LogP contribution is 2.19. The molecule has 1 aromatic carbocycles. The first-order chi connectivity index (χ1) is 8.56. The van der Waals surface area contributed by atoms with Crippen LogP contribution in [0.4, 0.5) is 5.69 Å². The normalized spacial score (nSPS) is 10.1. The third-order valence-electron chi connectivity index (χ3n) is 2.22. The molecule has 0 atom stereocenters. The molecule has 1 amide bonds. The second-order valence-corrected chi connectivity index (χ2v) is 3.53. The lowest BCUT2D eigenvalue weighted by atomic mass is 10.1. The van der Waals surface area contributed by atoms with E-state index in [0.29, 0.717) is 12.2 Å².